The molecule has 8 nitrogen and oxygen atoms in total. The van der Waals surface area contributed by atoms with Crippen molar-refractivity contribution in [3.63, 3.8) is 0 Å². The van der Waals surface area contributed by atoms with Crippen molar-refractivity contribution in [3.8, 4) is 0 Å². The summed E-state index contributed by atoms with van der Waals surface area (Å²) in [4.78, 5) is 43.2. The van der Waals surface area contributed by atoms with Gasteiger partial charge in [0.25, 0.3) is 0 Å². The Morgan fingerprint density at radius 3 is 2.51 bits per heavy atom. The number of rotatable bonds is 12. The molecule has 1 spiro atoms. The molecule has 4 rings (SSSR count). The fraction of sp³-hybridized carbons (Fsp3) is 0.690. The molecule has 1 aromatic carbocycles. The Kier molecular flexibility index (Phi) is 8.29. The Morgan fingerprint density at radius 2 is 1.86 bits per heavy atom. The highest BCUT2D eigenvalue weighted by Gasteiger charge is 2.78. The number of hydrogen-bond acceptors (Lipinski definition) is 5. The number of carbonyl (C=O) groups is 3. The van der Waals surface area contributed by atoms with E-state index >= 15 is 0 Å². The SMILES string of the molecule is CCCCCNC(=O)C1N([C@@H](CO)[C@@H](C)CC)C(=O)[C@@H]2[C@H](C(=O)NCc3ccccc3)[C@]3(C)CCC12O3. The predicted molar refractivity (Wildman–Crippen MR) is 140 cm³/mol. The average Bonchev–Trinajstić information content (AvgIpc) is 3.47. The van der Waals surface area contributed by atoms with Gasteiger partial charge in [-0.25, -0.2) is 0 Å². The summed E-state index contributed by atoms with van der Waals surface area (Å²) in [5.74, 6) is -2.20. The lowest BCUT2D eigenvalue weighted by atomic mass is 9.66. The zero-order valence-corrected chi connectivity index (χ0v) is 22.7. The molecule has 3 heterocycles. The minimum atomic E-state index is -1.07. The zero-order chi connectivity index (χ0) is 26.8. The molecular formula is C29H43N3O5. The van der Waals surface area contributed by atoms with E-state index in [9.17, 15) is 19.5 Å². The number of likely N-dealkylation sites (tertiary alicyclic amines) is 1. The van der Waals surface area contributed by atoms with Crippen LogP contribution in [-0.2, 0) is 25.7 Å². The third kappa shape index (κ3) is 4.78. The van der Waals surface area contributed by atoms with E-state index < -0.39 is 35.1 Å². The number of fused-ring (bicyclic) bond motifs is 1. The Morgan fingerprint density at radius 1 is 1.14 bits per heavy atom. The van der Waals surface area contributed by atoms with Crippen LogP contribution in [0.3, 0.4) is 0 Å². The molecule has 0 radical (unpaired) electrons. The minimum Gasteiger partial charge on any atom is -0.394 e. The molecule has 1 aromatic rings. The molecule has 204 valence electrons. The maximum Gasteiger partial charge on any atom is 0.245 e. The van der Waals surface area contributed by atoms with E-state index in [0.29, 0.717) is 25.9 Å². The van der Waals surface area contributed by atoms with Crippen molar-refractivity contribution in [1.29, 1.82) is 0 Å². The van der Waals surface area contributed by atoms with Crippen molar-refractivity contribution in [1.82, 2.24) is 15.5 Å². The molecule has 37 heavy (non-hydrogen) atoms. The van der Waals surface area contributed by atoms with Gasteiger partial charge in [-0.05, 0) is 37.7 Å². The van der Waals surface area contributed by atoms with Crippen LogP contribution in [0.25, 0.3) is 0 Å². The van der Waals surface area contributed by atoms with Crippen LogP contribution in [0.15, 0.2) is 30.3 Å². The van der Waals surface area contributed by atoms with Gasteiger partial charge in [0.15, 0.2) is 0 Å². The summed E-state index contributed by atoms with van der Waals surface area (Å²) >= 11 is 0. The smallest absolute Gasteiger partial charge is 0.245 e. The fourth-order valence-electron chi connectivity index (χ4n) is 6.81. The topological polar surface area (TPSA) is 108 Å². The first-order valence-electron chi connectivity index (χ1n) is 14.0. The van der Waals surface area contributed by atoms with Gasteiger partial charge in [-0.15, -0.1) is 0 Å². The molecular weight excluding hydrogens is 470 g/mol. The molecule has 7 atom stereocenters. The molecule has 3 saturated heterocycles. The third-order valence-corrected chi connectivity index (χ3v) is 8.98. The van der Waals surface area contributed by atoms with Crippen molar-refractivity contribution >= 4 is 17.7 Å². The van der Waals surface area contributed by atoms with E-state index in [4.69, 9.17) is 4.74 Å². The second-order valence-corrected chi connectivity index (χ2v) is 11.3. The average molecular weight is 514 g/mol. The summed E-state index contributed by atoms with van der Waals surface area (Å²) in [7, 11) is 0. The highest BCUT2D eigenvalue weighted by atomic mass is 16.5. The quantitative estimate of drug-likeness (QED) is 0.373. The van der Waals surface area contributed by atoms with Gasteiger partial charge in [0.05, 0.1) is 30.1 Å². The lowest BCUT2D eigenvalue weighted by Crippen LogP contribution is -2.59. The second kappa shape index (κ2) is 11.1. The van der Waals surface area contributed by atoms with Gasteiger partial charge in [0.1, 0.15) is 11.6 Å². The van der Waals surface area contributed by atoms with E-state index in [1.54, 1.807) is 4.90 Å². The number of hydrogen-bond donors (Lipinski definition) is 3. The van der Waals surface area contributed by atoms with E-state index in [1.165, 1.54) is 0 Å². The largest absolute Gasteiger partial charge is 0.394 e. The summed E-state index contributed by atoms with van der Waals surface area (Å²) in [6.45, 7) is 8.64. The minimum absolute atomic E-state index is 0.0160. The van der Waals surface area contributed by atoms with E-state index in [-0.39, 0.29) is 30.2 Å². The molecule has 3 N–H and O–H groups in total. The van der Waals surface area contributed by atoms with Crippen molar-refractivity contribution < 1.29 is 24.2 Å². The maximum absolute atomic E-state index is 14.2. The number of benzene rings is 1. The summed E-state index contributed by atoms with van der Waals surface area (Å²) in [6, 6.07) is 8.27. The van der Waals surface area contributed by atoms with Crippen LogP contribution < -0.4 is 10.6 Å². The molecule has 3 aliphatic rings. The van der Waals surface area contributed by atoms with Crippen LogP contribution in [0.1, 0.15) is 71.8 Å². The predicted octanol–water partition coefficient (Wildman–Crippen LogP) is 2.78. The molecule has 0 saturated carbocycles. The molecule has 3 aliphatic heterocycles. The first kappa shape index (κ1) is 27.6. The van der Waals surface area contributed by atoms with E-state index in [1.807, 2.05) is 51.1 Å². The van der Waals surface area contributed by atoms with Gasteiger partial charge >= 0.3 is 0 Å². The number of unbranched alkanes of at least 4 members (excludes halogenated alkanes) is 2. The van der Waals surface area contributed by atoms with Crippen LogP contribution in [0.2, 0.25) is 0 Å². The Balaban J connectivity index is 1.66. The number of carbonyl (C=O) groups excluding carboxylic acids is 3. The molecule has 0 aromatic heterocycles. The first-order valence-corrected chi connectivity index (χ1v) is 14.0. The van der Waals surface area contributed by atoms with Crippen LogP contribution in [0.4, 0.5) is 0 Å². The van der Waals surface area contributed by atoms with Crippen molar-refractivity contribution in [2.24, 2.45) is 17.8 Å². The number of nitrogens with one attached hydrogen (secondary N) is 2. The Hall–Kier alpha value is -2.45. The fourth-order valence-corrected chi connectivity index (χ4v) is 6.81. The highest BCUT2D eigenvalue weighted by molar-refractivity contribution is 5.99. The second-order valence-electron chi connectivity index (χ2n) is 11.3. The van der Waals surface area contributed by atoms with Crippen molar-refractivity contribution in [3.05, 3.63) is 35.9 Å². The van der Waals surface area contributed by atoms with Gasteiger partial charge in [0.2, 0.25) is 17.7 Å². The van der Waals surface area contributed by atoms with Gasteiger partial charge < -0.3 is 25.4 Å². The molecule has 8 heteroatoms. The Bertz CT molecular complexity index is 987. The number of nitrogens with zero attached hydrogens (tertiary/aromatic N) is 1. The van der Waals surface area contributed by atoms with Gasteiger partial charge in [0, 0.05) is 13.1 Å². The number of aliphatic hydroxyl groups is 1. The zero-order valence-electron chi connectivity index (χ0n) is 22.7. The number of aliphatic hydroxyl groups excluding tert-OH is 1. The van der Waals surface area contributed by atoms with Gasteiger partial charge in [-0.2, -0.15) is 0 Å². The van der Waals surface area contributed by atoms with Crippen molar-refractivity contribution in [2.45, 2.75) is 96.1 Å². The molecule has 2 bridgehead atoms. The number of amides is 3. The molecule has 0 aliphatic carbocycles. The molecule has 2 unspecified atom stereocenters. The summed E-state index contributed by atoms with van der Waals surface area (Å²) in [5.41, 5.74) is -0.921. The summed E-state index contributed by atoms with van der Waals surface area (Å²) < 4.78 is 6.66. The molecule has 3 fully saturated rings. The van der Waals surface area contributed by atoms with Crippen LogP contribution >= 0.6 is 0 Å². The van der Waals surface area contributed by atoms with Gasteiger partial charge in [-0.3, -0.25) is 14.4 Å². The summed E-state index contributed by atoms with van der Waals surface area (Å²) in [6.07, 6.45) is 4.78. The lowest BCUT2D eigenvalue weighted by Gasteiger charge is -2.39. The Labute approximate surface area is 220 Å². The van der Waals surface area contributed by atoms with E-state index in [2.05, 4.69) is 17.6 Å². The number of ether oxygens (including phenoxy) is 1. The third-order valence-electron chi connectivity index (χ3n) is 8.98. The lowest BCUT2D eigenvalue weighted by molar-refractivity contribution is -0.151. The highest BCUT2D eigenvalue weighted by Crippen LogP contribution is 2.63. The van der Waals surface area contributed by atoms with Crippen LogP contribution in [0, 0.1) is 17.8 Å². The van der Waals surface area contributed by atoms with Crippen molar-refractivity contribution in [2.75, 3.05) is 13.2 Å². The van der Waals surface area contributed by atoms with E-state index in [0.717, 1.165) is 31.2 Å². The maximum atomic E-state index is 14.2. The molecule has 3 amide bonds. The first-order chi connectivity index (χ1) is 17.7. The monoisotopic (exact) mass is 513 g/mol. The summed E-state index contributed by atoms with van der Waals surface area (Å²) in [5, 5.41) is 16.4. The van der Waals surface area contributed by atoms with Crippen LogP contribution in [0.5, 0.6) is 0 Å². The standard InChI is InChI=1S/C29H43N3O5/c1-5-7-11-16-30-26(35)24-29-15-14-28(4,37-29)22(25(34)31-17-20-12-9-8-10-13-20)23(29)27(36)32(24)21(18-33)19(3)6-2/h8-10,12-13,19,21-24,33H,5-7,11,14-18H2,1-4H3,(H,30,35)(H,31,34)/t19-,21-,22+,23-,24?,28-,29?/m0/s1. The normalized spacial score (nSPS) is 31.8. The van der Waals surface area contributed by atoms with Crippen LogP contribution in [-0.4, -0.2) is 64.2 Å². The van der Waals surface area contributed by atoms with Gasteiger partial charge in [-0.1, -0.05) is 70.4 Å².